The highest BCUT2D eigenvalue weighted by molar-refractivity contribution is 7.99. The summed E-state index contributed by atoms with van der Waals surface area (Å²) < 4.78 is 0. The summed E-state index contributed by atoms with van der Waals surface area (Å²) in [5.74, 6) is 1.04. The number of H-pyrrole nitrogens is 1. The first kappa shape index (κ1) is 11.5. The summed E-state index contributed by atoms with van der Waals surface area (Å²) >= 11 is 7.51. The number of thioether (sulfide) groups is 1. The van der Waals surface area contributed by atoms with Gasteiger partial charge in [-0.15, -0.1) is 0 Å². The van der Waals surface area contributed by atoms with E-state index in [2.05, 4.69) is 27.3 Å². The van der Waals surface area contributed by atoms with E-state index in [9.17, 15) is 0 Å². The molecular formula is C11H12ClN3S. The van der Waals surface area contributed by atoms with E-state index in [1.165, 1.54) is 11.9 Å². The van der Waals surface area contributed by atoms with E-state index in [1.807, 2.05) is 12.1 Å². The Balaban J connectivity index is 1.70. The number of nitrogens with one attached hydrogen (secondary N) is 1. The average Bonchev–Trinajstić information content (AvgIpc) is 2.80. The third-order valence-electron chi connectivity index (χ3n) is 2.15. The molecule has 1 N–H and O–H groups in total. The highest BCUT2D eigenvalue weighted by atomic mass is 35.5. The minimum Gasteiger partial charge on any atom is -0.254 e. The van der Waals surface area contributed by atoms with Crippen molar-refractivity contribution in [2.24, 2.45) is 0 Å². The van der Waals surface area contributed by atoms with Crippen LogP contribution in [0.5, 0.6) is 0 Å². The van der Waals surface area contributed by atoms with Crippen molar-refractivity contribution in [2.75, 3.05) is 5.75 Å². The van der Waals surface area contributed by atoms with Crippen molar-refractivity contribution in [1.29, 1.82) is 0 Å². The molecule has 0 aliphatic heterocycles. The maximum Gasteiger partial charge on any atom is 0.183 e. The average molecular weight is 254 g/mol. The van der Waals surface area contributed by atoms with E-state index in [0.717, 1.165) is 28.8 Å². The van der Waals surface area contributed by atoms with Gasteiger partial charge in [-0.1, -0.05) is 35.5 Å². The van der Waals surface area contributed by atoms with Crippen LogP contribution in [0.1, 0.15) is 12.0 Å². The molecule has 0 unspecified atom stereocenters. The van der Waals surface area contributed by atoms with E-state index in [-0.39, 0.29) is 0 Å². The van der Waals surface area contributed by atoms with Gasteiger partial charge in [0, 0.05) is 10.8 Å². The van der Waals surface area contributed by atoms with E-state index >= 15 is 0 Å². The molecule has 0 amide bonds. The van der Waals surface area contributed by atoms with Gasteiger partial charge in [0.2, 0.25) is 0 Å². The van der Waals surface area contributed by atoms with Crippen molar-refractivity contribution in [2.45, 2.75) is 18.0 Å². The van der Waals surface area contributed by atoms with Crippen LogP contribution < -0.4 is 0 Å². The predicted octanol–water partition coefficient (Wildman–Crippen LogP) is 3.18. The number of hydrogen-bond acceptors (Lipinski definition) is 3. The summed E-state index contributed by atoms with van der Waals surface area (Å²) in [6.07, 6.45) is 3.72. The molecule has 0 saturated heterocycles. The molecule has 1 aromatic carbocycles. The molecule has 0 atom stereocenters. The van der Waals surface area contributed by atoms with Crippen molar-refractivity contribution in [3.63, 3.8) is 0 Å². The quantitative estimate of drug-likeness (QED) is 0.657. The zero-order valence-electron chi connectivity index (χ0n) is 8.69. The number of rotatable bonds is 5. The molecular weight excluding hydrogens is 242 g/mol. The molecule has 0 aliphatic rings. The second-order valence-electron chi connectivity index (χ2n) is 3.37. The number of aryl methyl sites for hydroxylation is 1. The monoisotopic (exact) mass is 253 g/mol. The molecule has 2 rings (SSSR count). The van der Waals surface area contributed by atoms with Gasteiger partial charge in [0.05, 0.1) is 0 Å². The molecule has 5 heteroatoms. The van der Waals surface area contributed by atoms with Crippen LogP contribution in [0.3, 0.4) is 0 Å². The Bertz CT molecular complexity index is 413. The molecule has 3 nitrogen and oxygen atoms in total. The molecule has 0 aliphatic carbocycles. The summed E-state index contributed by atoms with van der Waals surface area (Å²) in [6, 6.07) is 8.00. The zero-order valence-corrected chi connectivity index (χ0v) is 10.3. The third-order valence-corrected chi connectivity index (χ3v) is 3.37. The van der Waals surface area contributed by atoms with Gasteiger partial charge in [-0.05, 0) is 30.5 Å². The van der Waals surface area contributed by atoms with Crippen molar-refractivity contribution < 1.29 is 0 Å². The van der Waals surface area contributed by atoms with Gasteiger partial charge in [0.1, 0.15) is 6.33 Å². The minimum absolute atomic E-state index is 0.791. The molecule has 0 spiro atoms. The van der Waals surface area contributed by atoms with E-state index < -0.39 is 0 Å². The summed E-state index contributed by atoms with van der Waals surface area (Å²) in [4.78, 5) is 4.05. The number of halogens is 1. The van der Waals surface area contributed by atoms with Crippen molar-refractivity contribution in [1.82, 2.24) is 15.2 Å². The van der Waals surface area contributed by atoms with Gasteiger partial charge in [0.15, 0.2) is 5.16 Å². The second-order valence-corrected chi connectivity index (χ2v) is 4.89. The Kier molecular flexibility index (Phi) is 4.25. The molecule has 0 bridgehead atoms. The molecule has 16 heavy (non-hydrogen) atoms. The Hall–Kier alpha value is -1.00. The lowest BCUT2D eigenvalue weighted by Gasteiger charge is -2.00. The fourth-order valence-corrected chi connectivity index (χ4v) is 2.21. The fraction of sp³-hybridized carbons (Fsp3) is 0.273. The van der Waals surface area contributed by atoms with Gasteiger partial charge in [0.25, 0.3) is 0 Å². The van der Waals surface area contributed by atoms with Gasteiger partial charge >= 0.3 is 0 Å². The molecule has 2 aromatic rings. The van der Waals surface area contributed by atoms with E-state index in [0.29, 0.717) is 0 Å². The van der Waals surface area contributed by atoms with Crippen LogP contribution in [-0.4, -0.2) is 20.9 Å². The molecule has 0 fully saturated rings. The van der Waals surface area contributed by atoms with Crippen LogP contribution in [-0.2, 0) is 6.42 Å². The number of aromatic amines is 1. The number of aromatic nitrogens is 3. The normalized spacial score (nSPS) is 10.6. The van der Waals surface area contributed by atoms with Crippen LogP contribution in [0.25, 0.3) is 0 Å². The minimum atomic E-state index is 0.791. The van der Waals surface area contributed by atoms with Gasteiger partial charge in [-0.2, -0.15) is 5.10 Å². The van der Waals surface area contributed by atoms with Crippen LogP contribution in [0, 0.1) is 0 Å². The molecule has 1 heterocycles. The molecule has 1 aromatic heterocycles. The maximum atomic E-state index is 5.82. The Morgan fingerprint density at radius 1 is 1.25 bits per heavy atom. The van der Waals surface area contributed by atoms with E-state index in [1.54, 1.807) is 11.8 Å². The molecule has 84 valence electrons. The third kappa shape index (κ3) is 3.54. The van der Waals surface area contributed by atoms with Gasteiger partial charge in [-0.3, -0.25) is 5.10 Å². The first-order valence-electron chi connectivity index (χ1n) is 5.07. The highest BCUT2D eigenvalue weighted by Crippen LogP contribution is 2.15. The molecule has 0 saturated carbocycles. The van der Waals surface area contributed by atoms with Crippen LogP contribution in [0.4, 0.5) is 0 Å². The van der Waals surface area contributed by atoms with Gasteiger partial charge < -0.3 is 0 Å². The Labute approximate surface area is 104 Å². The summed E-state index contributed by atoms with van der Waals surface area (Å²) in [5, 5.41) is 8.30. The Morgan fingerprint density at radius 2 is 2.06 bits per heavy atom. The van der Waals surface area contributed by atoms with Crippen molar-refractivity contribution in [3.05, 3.63) is 41.2 Å². The van der Waals surface area contributed by atoms with Crippen molar-refractivity contribution in [3.8, 4) is 0 Å². The first-order chi connectivity index (χ1) is 7.84. The van der Waals surface area contributed by atoms with Crippen LogP contribution >= 0.6 is 23.4 Å². The number of nitrogens with zero attached hydrogens (tertiary/aromatic N) is 2. The second kappa shape index (κ2) is 5.92. The van der Waals surface area contributed by atoms with Crippen molar-refractivity contribution >= 4 is 23.4 Å². The summed E-state index contributed by atoms with van der Waals surface area (Å²) in [5.41, 5.74) is 1.32. The van der Waals surface area contributed by atoms with E-state index in [4.69, 9.17) is 11.6 Å². The lowest BCUT2D eigenvalue weighted by Crippen LogP contribution is -1.88. The number of hydrogen-bond donors (Lipinski definition) is 1. The lowest BCUT2D eigenvalue weighted by molar-refractivity contribution is 0.921. The number of benzene rings is 1. The topological polar surface area (TPSA) is 41.6 Å². The predicted molar refractivity (Wildman–Crippen MR) is 66.9 cm³/mol. The van der Waals surface area contributed by atoms with Crippen LogP contribution in [0.15, 0.2) is 35.7 Å². The van der Waals surface area contributed by atoms with Crippen LogP contribution in [0.2, 0.25) is 5.02 Å². The van der Waals surface area contributed by atoms with Gasteiger partial charge in [-0.25, -0.2) is 4.98 Å². The fourth-order valence-electron chi connectivity index (χ4n) is 1.36. The first-order valence-corrected chi connectivity index (χ1v) is 6.43. The molecule has 0 radical (unpaired) electrons. The Morgan fingerprint density at radius 3 is 2.75 bits per heavy atom. The standard InChI is InChI=1S/C11H12ClN3S/c12-10-5-3-9(4-6-10)2-1-7-16-11-13-8-14-15-11/h3-6,8H,1-2,7H2,(H,13,14,15). The zero-order chi connectivity index (χ0) is 11.2. The maximum absolute atomic E-state index is 5.82. The summed E-state index contributed by atoms with van der Waals surface area (Å²) in [6.45, 7) is 0. The highest BCUT2D eigenvalue weighted by Gasteiger charge is 1.97. The SMILES string of the molecule is Clc1ccc(CCCSc2ncn[nH]2)cc1. The largest absolute Gasteiger partial charge is 0.254 e. The lowest BCUT2D eigenvalue weighted by atomic mass is 10.1. The summed E-state index contributed by atoms with van der Waals surface area (Å²) in [7, 11) is 0. The smallest absolute Gasteiger partial charge is 0.183 e.